The van der Waals surface area contributed by atoms with Crippen LogP contribution in [0.4, 0.5) is 5.69 Å². The Kier molecular flexibility index (Phi) is 3.65. The third-order valence-electron chi connectivity index (χ3n) is 3.42. The Morgan fingerprint density at radius 3 is 2.94 bits per heavy atom. The summed E-state index contributed by atoms with van der Waals surface area (Å²) in [4.78, 5) is 26.1. The first kappa shape index (κ1) is 12.6. The van der Waals surface area contributed by atoms with Gasteiger partial charge in [0, 0.05) is 19.2 Å². The molecule has 1 aliphatic heterocycles. The molecule has 0 spiro atoms. The number of hydrogen-bond donors (Lipinski definition) is 0. The van der Waals surface area contributed by atoms with Crippen LogP contribution >= 0.6 is 0 Å². The van der Waals surface area contributed by atoms with E-state index in [-0.39, 0.29) is 18.6 Å². The van der Waals surface area contributed by atoms with Gasteiger partial charge in [-0.3, -0.25) is 4.79 Å². The van der Waals surface area contributed by atoms with E-state index in [9.17, 15) is 9.59 Å². The van der Waals surface area contributed by atoms with Crippen LogP contribution < -0.4 is 4.90 Å². The summed E-state index contributed by atoms with van der Waals surface area (Å²) in [7, 11) is 1.97. The number of amides is 1. The van der Waals surface area contributed by atoms with Crippen molar-refractivity contribution in [1.82, 2.24) is 4.90 Å². The highest BCUT2D eigenvalue weighted by Gasteiger charge is 2.33. The normalized spacial score (nSPS) is 19.1. The van der Waals surface area contributed by atoms with Crippen LogP contribution in [0.2, 0.25) is 0 Å². The molecule has 4 nitrogen and oxygen atoms in total. The Morgan fingerprint density at radius 1 is 1.50 bits per heavy atom. The summed E-state index contributed by atoms with van der Waals surface area (Å²) in [5.74, 6) is 0.0617. The topological polar surface area (TPSA) is 40.6 Å². The molecule has 1 unspecified atom stereocenters. The average Bonchev–Trinajstić information content (AvgIpc) is 2.71. The smallest absolute Gasteiger partial charge is 0.224 e. The largest absolute Gasteiger partial charge is 0.354 e. The Hall–Kier alpha value is -1.84. The molecule has 1 aliphatic rings. The molecule has 0 radical (unpaired) electrons. The molecule has 18 heavy (non-hydrogen) atoms. The van der Waals surface area contributed by atoms with Gasteiger partial charge < -0.3 is 14.6 Å². The molecule has 2 rings (SSSR count). The number of benzene rings is 1. The maximum Gasteiger partial charge on any atom is 0.224 e. The summed E-state index contributed by atoms with van der Waals surface area (Å²) >= 11 is 0. The minimum Gasteiger partial charge on any atom is -0.354 e. The highest BCUT2D eigenvalue weighted by molar-refractivity contribution is 5.81. The van der Waals surface area contributed by atoms with Crippen molar-refractivity contribution in [2.24, 2.45) is 0 Å². The molecular weight excluding hydrogens is 228 g/mol. The molecule has 1 saturated heterocycles. The van der Waals surface area contributed by atoms with Gasteiger partial charge in [-0.1, -0.05) is 12.1 Å². The summed E-state index contributed by atoms with van der Waals surface area (Å²) in [6.45, 7) is 2.22. The zero-order valence-corrected chi connectivity index (χ0v) is 10.8. The molecule has 1 fully saturated rings. The quantitative estimate of drug-likeness (QED) is 0.757. The number of anilines is 1. The van der Waals surface area contributed by atoms with Crippen molar-refractivity contribution >= 4 is 17.9 Å². The summed E-state index contributed by atoms with van der Waals surface area (Å²) < 4.78 is 0. The minimum absolute atomic E-state index is 0.00972. The van der Waals surface area contributed by atoms with Crippen molar-refractivity contribution in [3.63, 3.8) is 0 Å². The molecule has 0 bridgehead atoms. The summed E-state index contributed by atoms with van der Waals surface area (Å²) in [6.07, 6.45) is 2.08. The fraction of sp³-hybridized carbons (Fsp3) is 0.429. The third-order valence-corrected chi connectivity index (χ3v) is 3.42. The first-order valence-corrected chi connectivity index (χ1v) is 6.16. The van der Waals surface area contributed by atoms with E-state index in [1.54, 1.807) is 4.90 Å². The van der Waals surface area contributed by atoms with Gasteiger partial charge in [-0.15, -0.1) is 0 Å². The number of hydrogen-bond acceptors (Lipinski definition) is 3. The van der Waals surface area contributed by atoms with Crippen molar-refractivity contribution in [2.75, 3.05) is 18.5 Å². The van der Waals surface area contributed by atoms with E-state index >= 15 is 0 Å². The lowest BCUT2D eigenvalue weighted by Crippen LogP contribution is -2.45. The van der Waals surface area contributed by atoms with Gasteiger partial charge in [0.2, 0.25) is 5.91 Å². The van der Waals surface area contributed by atoms with E-state index in [1.807, 2.05) is 32.2 Å². The Labute approximate surface area is 107 Å². The van der Waals surface area contributed by atoms with Gasteiger partial charge >= 0.3 is 0 Å². The highest BCUT2D eigenvalue weighted by Crippen LogP contribution is 2.25. The lowest BCUT2D eigenvalue weighted by molar-refractivity contribution is -0.131. The van der Waals surface area contributed by atoms with Crippen molar-refractivity contribution in [3.8, 4) is 0 Å². The molecule has 1 aromatic carbocycles. The molecular formula is C14H18N2O2. The summed E-state index contributed by atoms with van der Waals surface area (Å²) in [5.41, 5.74) is 2.26. The summed E-state index contributed by atoms with van der Waals surface area (Å²) in [6, 6.07) is 8.15. The van der Waals surface area contributed by atoms with Crippen molar-refractivity contribution < 1.29 is 9.59 Å². The highest BCUT2D eigenvalue weighted by atomic mass is 16.2. The third kappa shape index (κ3) is 2.37. The van der Waals surface area contributed by atoms with Gasteiger partial charge in [0.15, 0.2) is 0 Å². The van der Waals surface area contributed by atoms with E-state index in [0.29, 0.717) is 6.42 Å². The van der Waals surface area contributed by atoms with E-state index in [0.717, 1.165) is 18.4 Å². The monoisotopic (exact) mass is 246 g/mol. The number of carbonyl (C=O) groups is 2. The Balaban J connectivity index is 2.20. The van der Waals surface area contributed by atoms with E-state index in [2.05, 4.69) is 11.0 Å². The number of aldehydes is 1. The first-order chi connectivity index (χ1) is 8.63. The van der Waals surface area contributed by atoms with Gasteiger partial charge in [0.1, 0.15) is 12.5 Å². The van der Waals surface area contributed by atoms with Crippen LogP contribution in [-0.4, -0.2) is 36.9 Å². The predicted octanol–water partition coefficient (Wildman–Crippen LogP) is 1.58. The molecule has 1 heterocycles. The van der Waals surface area contributed by atoms with E-state index in [1.165, 1.54) is 5.56 Å². The fourth-order valence-electron chi connectivity index (χ4n) is 2.44. The Morgan fingerprint density at radius 2 is 2.28 bits per heavy atom. The SMILES string of the molecule is Cc1cccc(N(C)C2CCC(=O)N2CC=O)c1. The van der Waals surface area contributed by atoms with Crippen molar-refractivity contribution in [2.45, 2.75) is 25.9 Å². The number of carbonyl (C=O) groups excluding carboxylic acids is 2. The second kappa shape index (κ2) is 5.21. The van der Waals surface area contributed by atoms with Crippen LogP contribution in [-0.2, 0) is 9.59 Å². The van der Waals surface area contributed by atoms with Crippen molar-refractivity contribution in [1.29, 1.82) is 0 Å². The number of rotatable bonds is 4. The number of aryl methyl sites for hydroxylation is 1. The van der Waals surface area contributed by atoms with Crippen LogP contribution in [0.3, 0.4) is 0 Å². The summed E-state index contributed by atoms with van der Waals surface area (Å²) in [5, 5.41) is 0. The fourth-order valence-corrected chi connectivity index (χ4v) is 2.44. The zero-order chi connectivity index (χ0) is 13.1. The lowest BCUT2D eigenvalue weighted by Gasteiger charge is -2.33. The molecule has 4 heteroatoms. The maximum absolute atomic E-state index is 11.7. The van der Waals surface area contributed by atoms with Crippen LogP contribution in [0, 0.1) is 6.92 Å². The second-order valence-electron chi connectivity index (χ2n) is 4.68. The minimum atomic E-state index is -0.00972. The lowest BCUT2D eigenvalue weighted by atomic mass is 10.2. The standard InChI is InChI=1S/C14H18N2O2/c1-11-4-3-5-12(10-11)15(2)13-6-7-14(18)16(13)8-9-17/h3-5,9-10,13H,6-8H2,1-2H3. The van der Waals surface area contributed by atoms with Crippen LogP contribution in [0.5, 0.6) is 0 Å². The molecule has 0 N–H and O–H groups in total. The second-order valence-corrected chi connectivity index (χ2v) is 4.68. The molecule has 0 aliphatic carbocycles. The first-order valence-electron chi connectivity index (χ1n) is 6.16. The van der Waals surface area contributed by atoms with Gasteiger partial charge in [-0.2, -0.15) is 0 Å². The molecule has 1 amide bonds. The van der Waals surface area contributed by atoms with Gasteiger partial charge in [-0.05, 0) is 31.0 Å². The van der Waals surface area contributed by atoms with Gasteiger partial charge in [0.25, 0.3) is 0 Å². The van der Waals surface area contributed by atoms with Crippen molar-refractivity contribution in [3.05, 3.63) is 29.8 Å². The predicted molar refractivity (Wildman–Crippen MR) is 70.4 cm³/mol. The Bertz CT molecular complexity index is 459. The average molecular weight is 246 g/mol. The van der Waals surface area contributed by atoms with Crippen LogP contribution in [0.15, 0.2) is 24.3 Å². The molecule has 0 aromatic heterocycles. The molecule has 0 saturated carbocycles. The number of nitrogens with zero attached hydrogens (tertiary/aromatic N) is 2. The van der Waals surface area contributed by atoms with Gasteiger partial charge in [-0.25, -0.2) is 0 Å². The molecule has 1 atom stereocenters. The zero-order valence-electron chi connectivity index (χ0n) is 10.8. The molecule has 1 aromatic rings. The number of likely N-dealkylation sites (tertiary alicyclic amines) is 1. The van der Waals surface area contributed by atoms with Crippen LogP contribution in [0.25, 0.3) is 0 Å². The van der Waals surface area contributed by atoms with Gasteiger partial charge in [0.05, 0.1) is 6.54 Å². The maximum atomic E-state index is 11.7. The van der Waals surface area contributed by atoms with Crippen LogP contribution in [0.1, 0.15) is 18.4 Å². The molecule has 96 valence electrons. The van der Waals surface area contributed by atoms with E-state index in [4.69, 9.17) is 0 Å². The van der Waals surface area contributed by atoms with E-state index < -0.39 is 0 Å².